The van der Waals surface area contributed by atoms with Crippen LogP contribution in [0.15, 0.2) is 0 Å². The Morgan fingerprint density at radius 1 is 1.25 bits per heavy atom. The van der Waals surface area contributed by atoms with Crippen LogP contribution in [-0.4, -0.2) is 25.7 Å². The van der Waals surface area contributed by atoms with E-state index in [0.29, 0.717) is 18.9 Å². The van der Waals surface area contributed by atoms with Crippen LogP contribution in [0.4, 0.5) is 0 Å². The first-order chi connectivity index (χ1) is 7.83. The van der Waals surface area contributed by atoms with E-state index in [1.54, 1.807) is 0 Å². The Balaban J connectivity index is 1.96. The molecule has 0 bridgehead atoms. The van der Waals surface area contributed by atoms with Crippen molar-refractivity contribution < 1.29 is 9.53 Å². The number of carbonyl (C=O) groups is 1. The SMILES string of the molecule is CCCCCCC(=O)OCC1CCNCC1. The summed E-state index contributed by atoms with van der Waals surface area (Å²) in [4.78, 5) is 11.4. The van der Waals surface area contributed by atoms with Gasteiger partial charge in [-0.2, -0.15) is 0 Å². The lowest BCUT2D eigenvalue weighted by atomic mass is 9.99. The van der Waals surface area contributed by atoms with E-state index in [1.807, 2.05) is 0 Å². The zero-order valence-electron chi connectivity index (χ0n) is 10.5. The van der Waals surface area contributed by atoms with E-state index in [2.05, 4.69) is 12.2 Å². The summed E-state index contributed by atoms with van der Waals surface area (Å²) in [5, 5.41) is 3.31. The molecule has 0 aromatic heterocycles. The number of esters is 1. The number of hydrogen-bond donors (Lipinski definition) is 1. The number of nitrogens with one attached hydrogen (secondary N) is 1. The van der Waals surface area contributed by atoms with Gasteiger partial charge in [0.05, 0.1) is 6.61 Å². The predicted molar refractivity (Wildman–Crippen MR) is 65.3 cm³/mol. The summed E-state index contributed by atoms with van der Waals surface area (Å²) in [5.74, 6) is 0.579. The third-order valence-corrected chi connectivity index (χ3v) is 3.17. The molecule has 0 saturated carbocycles. The summed E-state index contributed by atoms with van der Waals surface area (Å²) in [5.41, 5.74) is 0. The molecule has 1 saturated heterocycles. The summed E-state index contributed by atoms with van der Waals surface area (Å²) >= 11 is 0. The van der Waals surface area contributed by atoms with Crippen LogP contribution in [0.3, 0.4) is 0 Å². The number of hydrogen-bond acceptors (Lipinski definition) is 3. The van der Waals surface area contributed by atoms with Gasteiger partial charge in [-0.1, -0.05) is 26.2 Å². The molecule has 3 heteroatoms. The quantitative estimate of drug-likeness (QED) is 0.536. The highest BCUT2D eigenvalue weighted by Crippen LogP contribution is 2.12. The topological polar surface area (TPSA) is 38.3 Å². The minimum atomic E-state index is -0.00497. The molecular weight excluding hydrogens is 202 g/mol. The lowest BCUT2D eigenvalue weighted by molar-refractivity contribution is -0.145. The maximum Gasteiger partial charge on any atom is 0.305 e. The van der Waals surface area contributed by atoms with Gasteiger partial charge in [0, 0.05) is 6.42 Å². The van der Waals surface area contributed by atoms with Crippen LogP contribution in [0.5, 0.6) is 0 Å². The van der Waals surface area contributed by atoms with Crippen molar-refractivity contribution in [3.8, 4) is 0 Å². The van der Waals surface area contributed by atoms with Gasteiger partial charge < -0.3 is 10.1 Å². The molecule has 0 aromatic rings. The van der Waals surface area contributed by atoms with Crippen molar-refractivity contribution in [1.82, 2.24) is 5.32 Å². The molecule has 0 amide bonds. The van der Waals surface area contributed by atoms with Crippen molar-refractivity contribution in [1.29, 1.82) is 0 Å². The second-order valence-electron chi connectivity index (χ2n) is 4.69. The Morgan fingerprint density at radius 3 is 2.69 bits per heavy atom. The third-order valence-electron chi connectivity index (χ3n) is 3.17. The van der Waals surface area contributed by atoms with Crippen LogP contribution >= 0.6 is 0 Å². The smallest absolute Gasteiger partial charge is 0.305 e. The van der Waals surface area contributed by atoms with Gasteiger partial charge in [-0.15, -0.1) is 0 Å². The monoisotopic (exact) mass is 227 g/mol. The van der Waals surface area contributed by atoms with Crippen LogP contribution in [0.1, 0.15) is 51.9 Å². The molecule has 0 aromatic carbocycles. The van der Waals surface area contributed by atoms with Crippen molar-refractivity contribution >= 4 is 5.97 Å². The van der Waals surface area contributed by atoms with Gasteiger partial charge in [-0.05, 0) is 38.3 Å². The van der Waals surface area contributed by atoms with E-state index in [0.717, 1.165) is 38.8 Å². The van der Waals surface area contributed by atoms with Crippen LogP contribution < -0.4 is 5.32 Å². The van der Waals surface area contributed by atoms with E-state index in [9.17, 15) is 4.79 Å². The number of unbranched alkanes of at least 4 members (excludes halogenated alkanes) is 3. The zero-order valence-corrected chi connectivity index (χ0v) is 10.5. The molecule has 0 atom stereocenters. The molecular formula is C13H25NO2. The summed E-state index contributed by atoms with van der Waals surface area (Å²) in [6, 6.07) is 0. The van der Waals surface area contributed by atoms with Gasteiger partial charge in [0.1, 0.15) is 0 Å². The summed E-state index contributed by atoms with van der Waals surface area (Å²) < 4.78 is 5.29. The Kier molecular flexibility index (Phi) is 7.23. The lowest BCUT2D eigenvalue weighted by Crippen LogP contribution is -2.30. The molecule has 1 heterocycles. The first-order valence-corrected chi connectivity index (χ1v) is 6.69. The second kappa shape index (κ2) is 8.57. The minimum Gasteiger partial charge on any atom is -0.465 e. The average Bonchev–Trinajstić information content (AvgIpc) is 2.33. The molecule has 0 spiro atoms. The third kappa shape index (κ3) is 6.11. The van der Waals surface area contributed by atoms with E-state index < -0.39 is 0 Å². The van der Waals surface area contributed by atoms with Crippen molar-refractivity contribution in [2.45, 2.75) is 51.9 Å². The van der Waals surface area contributed by atoms with Crippen molar-refractivity contribution in [3.05, 3.63) is 0 Å². The highest BCUT2D eigenvalue weighted by molar-refractivity contribution is 5.69. The maximum absolute atomic E-state index is 11.4. The molecule has 0 aliphatic carbocycles. The molecule has 0 radical (unpaired) electrons. The summed E-state index contributed by atoms with van der Waals surface area (Å²) in [7, 11) is 0. The minimum absolute atomic E-state index is 0.00497. The molecule has 1 fully saturated rings. The van der Waals surface area contributed by atoms with E-state index in [-0.39, 0.29) is 5.97 Å². The van der Waals surface area contributed by atoms with Crippen LogP contribution in [-0.2, 0) is 9.53 Å². The Bertz CT molecular complexity index is 188. The van der Waals surface area contributed by atoms with Gasteiger partial charge in [-0.25, -0.2) is 0 Å². The number of ether oxygens (including phenoxy) is 1. The standard InChI is InChI=1S/C13H25NO2/c1-2-3-4-5-6-13(15)16-11-12-7-9-14-10-8-12/h12,14H,2-11H2,1H3. The van der Waals surface area contributed by atoms with Gasteiger partial charge in [0.15, 0.2) is 0 Å². The van der Waals surface area contributed by atoms with Crippen molar-refractivity contribution in [2.24, 2.45) is 5.92 Å². The van der Waals surface area contributed by atoms with Crippen molar-refractivity contribution in [3.63, 3.8) is 0 Å². The van der Waals surface area contributed by atoms with Gasteiger partial charge in [0.25, 0.3) is 0 Å². The van der Waals surface area contributed by atoms with Gasteiger partial charge in [0.2, 0.25) is 0 Å². The normalized spacial score (nSPS) is 17.3. The lowest BCUT2D eigenvalue weighted by Gasteiger charge is -2.22. The van der Waals surface area contributed by atoms with E-state index in [1.165, 1.54) is 12.8 Å². The largest absolute Gasteiger partial charge is 0.465 e. The molecule has 1 N–H and O–H groups in total. The van der Waals surface area contributed by atoms with Gasteiger partial charge >= 0.3 is 5.97 Å². The van der Waals surface area contributed by atoms with Crippen molar-refractivity contribution in [2.75, 3.05) is 19.7 Å². The Hall–Kier alpha value is -0.570. The van der Waals surface area contributed by atoms with Crippen LogP contribution in [0, 0.1) is 5.92 Å². The Morgan fingerprint density at radius 2 is 2.00 bits per heavy atom. The molecule has 0 unspecified atom stereocenters. The fourth-order valence-corrected chi connectivity index (χ4v) is 2.03. The summed E-state index contributed by atoms with van der Waals surface area (Å²) in [6.45, 7) is 4.95. The van der Waals surface area contributed by atoms with Crippen LogP contribution in [0.25, 0.3) is 0 Å². The fraction of sp³-hybridized carbons (Fsp3) is 0.923. The second-order valence-corrected chi connectivity index (χ2v) is 4.69. The maximum atomic E-state index is 11.4. The molecule has 94 valence electrons. The van der Waals surface area contributed by atoms with E-state index >= 15 is 0 Å². The molecule has 16 heavy (non-hydrogen) atoms. The summed E-state index contributed by atoms with van der Waals surface area (Å²) in [6.07, 6.45) is 7.46. The number of carbonyl (C=O) groups excluding carboxylic acids is 1. The Labute approximate surface area is 98.9 Å². The first kappa shape index (κ1) is 13.5. The zero-order chi connectivity index (χ0) is 11.6. The average molecular weight is 227 g/mol. The fourth-order valence-electron chi connectivity index (χ4n) is 2.03. The molecule has 1 aliphatic rings. The molecule has 1 aliphatic heterocycles. The number of piperidine rings is 1. The van der Waals surface area contributed by atoms with Gasteiger partial charge in [-0.3, -0.25) is 4.79 Å². The highest BCUT2D eigenvalue weighted by atomic mass is 16.5. The van der Waals surface area contributed by atoms with E-state index in [4.69, 9.17) is 4.74 Å². The molecule has 3 nitrogen and oxygen atoms in total. The number of rotatable bonds is 7. The predicted octanol–water partition coefficient (Wildman–Crippen LogP) is 2.50. The highest BCUT2D eigenvalue weighted by Gasteiger charge is 2.14. The molecule has 1 rings (SSSR count). The van der Waals surface area contributed by atoms with Crippen LogP contribution in [0.2, 0.25) is 0 Å². The first-order valence-electron chi connectivity index (χ1n) is 6.69.